The third kappa shape index (κ3) is 3.87. The summed E-state index contributed by atoms with van der Waals surface area (Å²) < 4.78 is 23.4. The van der Waals surface area contributed by atoms with Gasteiger partial charge in [-0.15, -0.1) is 0 Å². The Morgan fingerprint density at radius 2 is 1.95 bits per heavy atom. The van der Waals surface area contributed by atoms with E-state index < -0.39 is 21.8 Å². The van der Waals surface area contributed by atoms with E-state index in [1.807, 2.05) is 0 Å². The van der Waals surface area contributed by atoms with Crippen molar-refractivity contribution < 1.29 is 23.1 Å². The number of carboxylic acids is 1. The Labute approximate surface area is 124 Å². The van der Waals surface area contributed by atoms with Gasteiger partial charge in [0.2, 0.25) is 0 Å². The summed E-state index contributed by atoms with van der Waals surface area (Å²) in [6.45, 7) is 5.49. The van der Waals surface area contributed by atoms with Crippen LogP contribution in [0.3, 0.4) is 0 Å². The maximum atomic E-state index is 12.6. The van der Waals surface area contributed by atoms with Gasteiger partial charge in [-0.2, -0.15) is 0 Å². The van der Waals surface area contributed by atoms with Crippen LogP contribution in [-0.2, 0) is 14.6 Å². The van der Waals surface area contributed by atoms with Crippen molar-refractivity contribution in [3.8, 4) is 0 Å². The van der Waals surface area contributed by atoms with Crippen LogP contribution in [0.1, 0.15) is 26.7 Å². The fraction of sp³-hybridized carbons (Fsp3) is 0.846. The van der Waals surface area contributed by atoms with E-state index in [4.69, 9.17) is 5.11 Å². The largest absolute Gasteiger partial charge is 0.481 e. The lowest BCUT2D eigenvalue weighted by Gasteiger charge is -2.37. The van der Waals surface area contributed by atoms with Crippen LogP contribution in [0.4, 0.5) is 4.79 Å². The van der Waals surface area contributed by atoms with Crippen molar-refractivity contribution in [3.63, 3.8) is 0 Å². The minimum atomic E-state index is -3.27. The minimum Gasteiger partial charge on any atom is -0.481 e. The highest BCUT2D eigenvalue weighted by molar-refractivity contribution is 7.91. The first kappa shape index (κ1) is 16.1. The van der Waals surface area contributed by atoms with Crippen molar-refractivity contribution in [1.82, 2.24) is 9.80 Å². The highest BCUT2D eigenvalue weighted by atomic mass is 32.2. The van der Waals surface area contributed by atoms with Crippen LogP contribution in [0.25, 0.3) is 0 Å². The average molecular weight is 318 g/mol. The zero-order valence-electron chi connectivity index (χ0n) is 12.4. The standard InChI is InChI=1S/C13H22N2O5S/c1-13(2)3-4-14(9-13)12(18)15-5-6-21(19,20)8-10(15)7-11(16)17/h10H,3-9H2,1-2H3,(H,16,17). The molecule has 2 aliphatic rings. The number of aliphatic carboxylic acids is 1. The van der Waals surface area contributed by atoms with Gasteiger partial charge in [0.1, 0.15) is 0 Å². The monoisotopic (exact) mass is 318 g/mol. The van der Waals surface area contributed by atoms with E-state index in [0.29, 0.717) is 13.1 Å². The molecule has 0 aromatic heterocycles. The van der Waals surface area contributed by atoms with E-state index in [9.17, 15) is 18.0 Å². The van der Waals surface area contributed by atoms with Crippen LogP contribution in [0, 0.1) is 5.41 Å². The molecule has 2 heterocycles. The van der Waals surface area contributed by atoms with Crippen LogP contribution >= 0.6 is 0 Å². The number of carbonyl (C=O) groups is 2. The molecule has 2 saturated heterocycles. The topological polar surface area (TPSA) is 95.0 Å². The molecule has 21 heavy (non-hydrogen) atoms. The Bertz CT molecular complexity index is 543. The highest BCUT2D eigenvalue weighted by Gasteiger charge is 2.40. The molecule has 0 aliphatic carbocycles. The molecule has 2 rings (SSSR count). The molecule has 0 saturated carbocycles. The summed E-state index contributed by atoms with van der Waals surface area (Å²) in [5.74, 6) is -1.44. The second-order valence-corrected chi connectivity index (χ2v) is 8.91. The summed E-state index contributed by atoms with van der Waals surface area (Å²) in [4.78, 5) is 26.6. The molecule has 8 heteroatoms. The summed E-state index contributed by atoms with van der Waals surface area (Å²) in [7, 11) is -3.27. The Hall–Kier alpha value is -1.31. The average Bonchev–Trinajstić information content (AvgIpc) is 2.67. The summed E-state index contributed by atoms with van der Waals surface area (Å²) in [6.07, 6.45) is 0.566. The van der Waals surface area contributed by atoms with Gasteiger partial charge >= 0.3 is 12.0 Å². The molecule has 7 nitrogen and oxygen atoms in total. The van der Waals surface area contributed by atoms with Gasteiger partial charge in [-0.25, -0.2) is 13.2 Å². The number of hydrogen-bond acceptors (Lipinski definition) is 4. The highest BCUT2D eigenvalue weighted by Crippen LogP contribution is 2.30. The molecule has 0 radical (unpaired) electrons. The predicted octanol–water partition coefficient (Wildman–Crippen LogP) is 0.412. The van der Waals surface area contributed by atoms with Gasteiger partial charge in [-0.05, 0) is 11.8 Å². The smallest absolute Gasteiger partial charge is 0.320 e. The molecular formula is C13H22N2O5S. The van der Waals surface area contributed by atoms with Gasteiger partial charge in [-0.1, -0.05) is 13.8 Å². The molecule has 0 aromatic carbocycles. The lowest BCUT2D eigenvalue weighted by Crippen LogP contribution is -2.55. The van der Waals surface area contributed by atoms with Crippen molar-refractivity contribution in [2.24, 2.45) is 5.41 Å². The third-order valence-corrected chi connectivity index (χ3v) is 5.83. The maximum absolute atomic E-state index is 12.6. The van der Waals surface area contributed by atoms with Crippen molar-refractivity contribution >= 4 is 21.8 Å². The Balaban J connectivity index is 2.12. The normalized spacial score (nSPS) is 27.6. The SMILES string of the molecule is CC1(C)CCN(C(=O)N2CCS(=O)(=O)CC2CC(=O)O)C1. The fourth-order valence-electron chi connectivity index (χ4n) is 2.97. The molecule has 2 amide bonds. The number of sulfone groups is 1. The second-order valence-electron chi connectivity index (χ2n) is 6.68. The zero-order chi connectivity index (χ0) is 15.8. The Morgan fingerprint density at radius 1 is 1.29 bits per heavy atom. The number of rotatable bonds is 2. The number of urea groups is 1. The summed E-state index contributed by atoms with van der Waals surface area (Å²) in [6, 6.07) is -1.00. The first-order chi connectivity index (χ1) is 9.60. The van der Waals surface area contributed by atoms with E-state index in [2.05, 4.69) is 13.8 Å². The number of likely N-dealkylation sites (tertiary alicyclic amines) is 1. The molecule has 0 aromatic rings. The van der Waals surface area contributed by atoms with Crippen LogP contribution in [0.15, 0.2) is 0 Å². The lowest BCUT2D eigenvalue weighted by atomic mass is 9.93. The summed E-state index contributed by atoms with van der Waals surface area (Å²) in [5, 5.41) is 8.94. The predicted molar refractivity (Wildman–Crippen MR) is 76.8 cm³/mol. The van der Waals surface area contributed by atoms with E-state index in [1.54, 1.807) is 4.90 Å². The zero-order valence-corrected chi connectivity index (χ0v) is 13.2. The summed E-state index contributed by atoms with van der Waals surface area (Å²) in [5.41, 5.74) is 0.0554. The molecule has 1 atom stereocenters. The second kappa shape index (κ2) is 5.47. The van der Waals surface area contributed by atoms with Crippen molar-refractivity contribution in [2.45, 2.75) is 32.7 Å². The van der Waals surface area contributed by atoms with Crippen LogP contribution in [0.2, 0.25) is 0 Å². The van der Waals surface area contributed by atoms with Crippen LogP contribution < -0.4 is 0 Å². The Kier molecular flexibility index (Phi) is 4.19. The number of nitrogens with zero attached hydrogens (tertiary/aromatic N) is 2. The van der Waals surface area contributed by atoms with Gasteiger partial charge in [0.15, 0.2) is 9.84 Å². The van der Waals surface area contributed by atoms with E-state index in [0.717, 1.165) is 6.42 Å². The molecule has 0 spiro atoms. The minimum absolute atomic E-state index is 0.0554. The number of amides is 2. The number of carbonyl (C=O) groups excluding carboxylic acids is 1. The molecule has 2 aliphatic heterocycles. The molecule has 2 fully saturated rings. The lowest BCUT2D eigenvalue weighted by molar-refractivity contribution is -0.138. The maximum Gasteiger partial charge on any atom is 0.320 e. The van der Waals surface area contributed by atoms with E-state index in [1.165, 1.54) is 4.90 Å². The first-order valence-electron chi connectivity index (χ1n) is 7.07. The number of carboxylic acid groups (broad SMARTS) is 1. The summed E-state index contributed by atoms with van der Waals surface area (Å²) >= 11 is 0. The van der Waals surface area contributed by atoms with Gasteiger partial charge < -0.3 is 14.9 Å². The molecular weight excluding hydrogens is 296 g/mol. The van der Waals surface area contributed by atoms with Crippen LogP contribution in [-0.4, -0.2) is 72.5 Å². The van der Waals surface area contributed by atoms with E-state index in [-0.39, 0.29) is 35.9 Å². The van der Waals surface area contributed by atoms with Crippen LogP contribution in [0.5, 0.6) is 0 Å². The Morgan fingerprint density at radius 3 is 2.48 bits per heavy atom. The first-order valence-corrected chi connectivity index (χ1v) is 8.90. The molecule has 1 unspecified atom stereocenters. The number of hydrogen-bond donors (Lipinski definition) is 1. The van der Waals surface area contributed by atoms with Crippen molar-refractivity contribution in [1.29, 1.82) is 0 Å². The fourth-order valence-corrected chi connectivity index (χ4v) is 4.49. The third-order valence-electron chi connectivity index (χ3n) is 4.13. The van der Waals surface area contributed by atoms with Crippen molar-refractivity contribution in [2.75, 3.05) is 31.1 Å². The molecule has 0 bridgehead atoms. The van der Waals surface area contributed by atoms with E-state index >= 15 is 0 Å². The van der Waals surface area contributed by atoms with Gasteiger partial charge in [0.25, 0.3) is 0 Å². The quantitative estimate of drug-likeness (QED) is 0.796. The molecule has 120 valence electrons. The molecule has 1 N–H and O–H groups in total. The van der Waals surface area contributed by atoms with Gasteiger partial charge in [0, 0.05) is 19.6 Å². The van der Waals surface area contributed by atoms with Crippen molar-refractivity contribution in [3.05, 3.63) is 0 Å². The van der Waals surface area contributed by atoms with Gasteiger partial charge in [-0.3, -0.25) is 4.79 Å². The van der Waals surface area contributed by atoms with Gasteiger partial charge in [0.05, 0.1) is 24.0 Å².